The summed E-state index contributed by atoms with van der Waals surface area (Å²) in [5, 5.41) is 7.57. The molecule has 0 radical (unpaired) electrons. The van der Waals surface area contributed by atoms with Crippen molar-refractivity contribution in [2.75, 3.05) is 13.2 Å². The quantitative estimate of drug-likeness (QED) is 0.274. The average molecular weight is 166 g/mol. The van der Waals surface area contributed by atoms with Gasteiger partial charge in [-0.3, -0.25) is 16.5 Å². The van der Waals surface area contributed by atoms with Crippen LogP contribution in [0, 0.1) is 0 Å². The molecule has 0 saturated carbocycles. The molecule has 0 amide bonds. The van der Waals surface area contributed by atoms with Gasteiger partial charge in [-0.15, -0.1) is 0 Å². The predicted octanol–water partition coefficient (Wildman–Crippen LogP) is -0.613. The average Bonchev–Trinajstić information content (AvgIpc) is 1.93. The minimum Gasteiger partial charge on any atom is -0.466 e. The van der Waals surface area contributed by atoms with Crippen LogP contribution >= 0.6 is 0 Å². The number of hydrogen-bond acceptors (Lipinski definition) is 5. The maximum Gasteiger partial charge on any atom is 0.302 e. The summed E-state index contributed by atoms with van der Waals surface area (Å²) in [6.45, 7) is 5.58. The molecule has 0 unspecified atom stereocenters. The zero-order valence-electron chi connectivity index (χ0n) is 7.33. The number of esters is 1. The van der Waals surface area contributed by atoms with Gasteiger partial charge in [0.15, 0.2) is 0 Å². The lowest BCUT2D eigenvalue weighted by Crippen LogP contribution is -2.02. The van der Waals surface area contributed by atoms with Gasteiger partial charge >= 0.3 is 5.97 Å². The first-order chi connectivity index (χ1) is 5.18. The molecule has 0 bridgehead atoms. The van der Waals surface area contributed by atoms with E-state index in [0.717, 1.165) is 0 Å². The molecule has 11 heavy (non-hydrogen) atoms. The first-order valence-corrected chi connectivity index (χ1v) is 3.26. The third-order valence-electron chi connectivity index (χ3n) is 0.348. The van der Waals surface area contributed by atoms with Crippen LogP contribution in [0.25, 0.3) is 0 Å². The molecule has 0 aromatic rings. The molecule has 0 fully saturated rings. The minimum atomic E-state index is -0.211. The van der Waals surface area contributed by atoms with Crippen LogP contribution in [0.15, 0.2) is 0 Å². The Morgan fingerprint density at radius 1 is 1.45 bits per heavy atom. The molecule has 5 nitrogen and oxygen atoms in total. The monoisotopic (exact) mass is 166 g/mol. The fourth-order valence-electron chi connectivity index (χ4n) is 0.203. The SMILES string of the molecule is CCO.CCOC(C)=O.NN. The lowest BCUT2D eigenvalue weighted by Gasteiger charge is -1.89. The lowest BCUT2D eigenvalue weighted by molar-refractivity contribution is -0.140. The van der Waals surface area contributed by atoms with E-state index in [1.807, 2.05) is 0 Å². The predicted molar refractivity (Wildman–Crippen MR) is 43.4 cm³/mol. The Balaban J connectivity index is -0.000000109. The summed E-state index contributed by atoms with van der Waals surface area (Å²) in [7, 11) is 0. The number of nitrogens with two attached hydrogens (primary N) is 2. The van der Waals surface area contributed by atoms with E-state index in [-0.39, 0.29) is 12.6 Å². The highest BCUT2D eigenvalue weighted by molar-refractivity contribution is 5.65. The number of aliphatic hydroxyl groups excluding tert-OH is 1. The second-order valence-electron chi connectivity index (χ2n) is 1.24. The van der Waals surface area contributed by atoms with Crippen molar-refractivity contribution in [2.24, 2.45) is 11.7 Å². The fourth-order valence-corrected chi connectivity index (χ4v) is 0.203. The van der Waals surface area contributed by atoms with Crippen LogP contribution in [0.3, 0.4) is 0 Å². The second kappa shape index (κ2) is 22.8. The highest BCUT2D eigenvalue weighted by atomic mass is 16.5. The Morgan fingerprint density at radius 3 is 1.73 bits per heavy atom. The second-order valence-corrected chi connectivity index (χ2v) is 1.24. The molecule has 0 aromatic heterocycles. The van der Waals surface area contributed by atoms with Gasteiger partial charge in [-0.1, -0.05) is 0 Å². The van der Waals surface area contributed by atoms with Crippen molar-refractivity contribution in [1.29, 1.82) is 0 Å². The van der Waals surface area contributed by atoms with Crippen molar-refractivity contribution in [2.45, 2.75) is 20.8 Å². The molecular formula is C6H18N2O3. The normalized spacial score (nSPS) is 6.36. The maximum absolute atomic E-state index is 9.82. The van der Waals surface area contributed by atoms with Gasteiger partial charge in [0.05, 0.1) is 6.61 Å². The number of hydrogen-bond donors (Lipinski definition) is 3. The van der Waals surface area contributed by atoms with Crippen LogP contribution in [0.2, 0.25) is 0 Å². The van der Waals surface area contributed by atoms with E-state index in [1.54, 1.807) is 13.8 Å². The van der Waals surface area contributed by atoms with Crippen molar-refractivity contribution < 1.29 is 14.6 Å². The molecule has 0 aromatic carbocycles. The highest BCUT2D eigenvalue weighted by Crippen LogP contribution is 1.69. The smallest absolute Gasteiger partial charge is 0.302 e. The van der Waals surface area contributed by atoms with Crippen molar-refractivity contribution >= 4 is 5.97 Å². The molecule has 0 rings (SSSR count). The van der Waals surface area contributed by atoms with Crippen LogP contribution in [-0.4, -0.2) is 24.3 Å². The first kappa shape index (κ1) is 16.7. The van der Waals surface area contributed by atoms with Crippen LogP contribution < -0.4 is 11.7 Å². The summed E-state index contributed by atoms with van der Waals surface area (Å²) in [4.78, 5) is 9.82. The van der Waals surface area contributed by atoms with Gasteiger partial charge in [-0.05, 0) is 13.8 Å². The van der Waals surface area contributed by atoms with E-state index in [0.29, 0.717) is 6.61 Å². The summed E-state index contributed by atoms with van der Waals surface area (Å²) in [6, 6.07) is 0. The number of hydrazine groups is 1. The summed E-state index contributed by atoms with van der Waals surface area (Å²) >= 11 is 0. The van der Waals surface area contributed by atoms with Crippen molar-refractivity contribution in [1.82, 2.24) is 0 Å². The first-order valence-electron chi connectivity index (χ1n) is 3.26. The van der Waals surface area contributed by atoms with Gasteiger partial charge in [0.2, 0.25) is 0 Å². The number of aliphatic hydroxyl groups is 1. The van der Waals surface area contributed by atoms with Crippen LogP contribution in [0.4, 0.5) is 0 Å². The summed E-state index contributed by atoms with van der Waals surface area (Å²) in [5.74, 6) is 7.79. The molecule has 5 heteroatoms. The minimum absolute atomic E-state index is 0.211. The van der Waals surface area contributed by atoms with Crippen molar-refractivity contribution in [3.63, 3.8) is 0 Å². The topological polar surface area (TPSA) is 98.6 Å². The van der Waals surface area contributed by atoms with Gasteiger partial charge < -0.3 is 9.84 Å². The van der Waals surface area contributed by atoms with E-state index in [4.69, 9.17) is 5.11 Å². The molecule has 0 aliphatic rings. The number of rotatable bonds is 1. The summed E-state index contributed by atoms with van der Waals surface area (Å²) in [5.41, 5.74) is 0. The van der Waals surface area contributed by atoms with Crippen molar-refractivity contribution in [3.05, 3.63) is 0 Å². The summed E-state index contributed by atoms with van der Waals surface area (Å²) in [6.07, 6.45) is 0. The van der Waals surface area contributed by atoms with E-state index >= 15 is 0 Å². The van der Waals surface area contributed by atoms with E-state index < -0.39 is 0 Å². The lowest BCUT2D eigenvalue weighted by atomic mass is 10.8. The molecule has 0 aliphatic heterocycles. The third kappa shape index (κ3) is 91.5. The third-order valence-corrected chi connectivity index (χ3v) is 0.348. The van der Waals surface area contributed by atoms with Crippen LogP contribution in [0.5, 0.6) is 0 Å². The number of carbonyl (C=O) groups is 1. The molecule has 0 spiro atoms. The zero-order valence-corrected chi connectivity index (χ0v) is 7.33. The molecule has 5 N–H and O–H groups in total. The molecular weight excluding hydrogens is 148 g/mol. The van der Waals surface area contributed by atoms with Crippen LogP contribution in [-0.2, 0) is 9.53 Å². The van der Waals surface area contributed by atoms with Gasteiger partial charge in [0.25, 0.3) is 0 Å². The largest absolute Gasteiger partial charge is 0.466 e. The number of ether oxygens (including phenoxy) is 1. The molecule has 0 saturated heterocycles. The molecule has 70 valence electrons. The molecule has 0 heterocycles. The Labute approximate surface area is 67.3 Å². The maximum atomic E-state index is 9.82. The Hall–Kier alpha value is -0.650. The van der Waals surface area contributed by atoms with Gasteiger partial charge in [-0.2, -0.15) is 0 Å². The molecule has 0 atom stereocenters. The molecule has 0 aliphatic carbocycles. The number of carbonyl (C=O) groups excluding carboxylic acids is 1. The van der Waals surface area contributed by atoms with E-state index in [1.165, 1.54) is 6.92 Å². The fraction of sp³-hybridized carbons (Fsp3) is 0.833. The summed E-state index contributed by atoms with van der Waals surface area (Å²) < 4.78 is 4.40. The standard InChI is InChI=1S/C4H8O2.C2H6O.H4N2/c1-3-6-4(2)5;1-2-3;1-2/h3H2,1-2H3;3H,2H2,1H3;1-2H2. The Kier molecular flexibility index (Phi) is 34.7. The van der Waals surface area contributed by atoms with Crippen molar-refractivity contribution in [3.8, 4) is 0 Å². The highest BCUT2D eigenvalue weighted by Gasteiger charge is 1.81. The zero-order chi connectivity index (χ0) is 9.70. The van der Waals surface area contributed by atoms with Crippen LogP contribution in [0.1, 0.15) is 20.8 Å². The van der Waals surface area contributed by atoms with E-state index in [2.05, 4.69) is 16.4 Å². The van der Waals surface area contributed by atoms with Gasteiger partial charge in [-0.25, -0.2) is 0 Å². The Bertz CT molecular complexity index is 68.8. The van der Waals surface area contributed by atoms with E-state index in [9.17, 15) is 4.79 Å². The van der Waals surface area contributed by atoms with Gasteiger partial charge in [0.1, 0.15) is 0 Å². The van der Waals surface area contributed by atoms with Gasteiger partial charge in [0, 0.05) is 13.5 Å². The Morgan fingerprint density at radius 2 is 1.73 bits per heavy atom.